The van der Waals surface area contributed by atoms with Gasteiger partial charge in [0, 0.05) is 41.4 Å². The minimum Gasteiger partial charge on any atom is -0.377 e. The van der Waals surface area contributed by atoms with Crippen LogP contribution in [-0.4, -0.2) is 44.4 Å². The summed E-state index contributed by atoms with van der Waals surface area (Å²) in [4.78, 5) is 36.9. The number of benzene rings is 3. The van der Waals surface area contributed by atoms with Crippen LogP contribution >= 0.6 is 0 Å². The van der Waals surface area contributed by atoms with Crippen LogP contribution in [0.1, 0.15) is 69.5 Å². The number of carbonyl (C=O) groups is 2. The lowest BCUT2D eigenvalue weighted by Crippen LogP contribution is -2.25. The second-order valence-electron chi connectivity index (χ2n) is 10.1. The number of hydrogen-bond acceptors (Lipinski definition) is 7. The average molecular weight is 559 g/mol. The first kappa shape index (κ1) is 29.6. The zero-order valence-electron chi connectivity index (χ0n) is 22.9. The van der Waals surface area contributed by atoms with Crippen LogP contribution < -0.4 is 10.8 Å². The summed E-state index contributed by atoms with van der Waals surface area (Å²) in [5.41, 5.74) is 6.09. The number of amides is 1. The Balaban J connectivity index is 1.44. The lowest BCUT2D eigenvalue weighted by molar-refractivity contribution is -0.384. The minimum absolute atomic E-state index is 0.0499. The molecule has 0 aliphatic carbocycles. The van der Waals surface area contributed by atoms with Crippen molar-refractivity contribution in [3.8, 4) is 0 Å². The normalized spacial score (nSPS) is 11.9. The number of nitrogens with zero attached hydrogens (tertiary/aromatic N) is 2. The van der Waals surface area contributed by atoms with Crippen LogP contribution in [0.15, 0.2) is 72.9 Å². The van der Waals surface area contributed by atoms with E-state index in [9.17, 15) is 24.8 Å². The van der Waals surface area contributed by atoms with E-state index in [1.807, 2.05) is 31.2 Å². The molecule has 0 spiro atoms. The van der Waals surface area contributed by atoms with E-state index in [1.54, 1.807) is 42.0 Å². The molecule has 4 aromatic rings. The molecule has 0 saturated heterocycles. The molecule has 0 aliphatic heterocycles. The topological polar surface area (TPSA) is 147 Å². The van der Waals surface area contributed by atoms with Crippen LogP contribution in [0.4, 0.5) is 5.69 Å². The maximum atomic E-state index is 13.3. The van der Waals surface area contributed by atoms with Gasteiger partial charge in [-0.2, -0.15) is 5.48 Å². The molecule has 1 unspecified atom stereocenters. The Bertz CT molecular complexity index is 1510. The Morgan fingerprint density at radius 2 is 1.63 bits per heavy atom. The number of nitro benzene ring substituents is 1. The average Bonchev–Trinajstić information content (AvgIpc) is 3.34. The van der Waals surface area contributed by atoms with Crippen LogP contribution in [0.25, 0.3) is 10.9 Å². The molecule has 0 radical (unpaired) electrons. The summed E-state index contributed by atoms with van der Waals surface area (Å²) in [6.45, 7) is 2.48. The number of hydroxylamine groups is 1. The van der Waals surface area contributed by atoms with Gasteiger partial charge < -0.3 is 15.6 Å². The fourth-order valence-corrected chi connectivity index (χ4v) is 4.72. The van der Waals surface area contributed by atoms with Gasteiger partial charge in [0.05, 0.1) is 10.4 Å². The zero-order valence-corrected chi connectivity index (χ0v) is 22.9. The van der Waals surface area contributed by atoms with Crippen molar-refractivity contribution in [2.75, 3.05) is 6.54 Å². The fourth-order valence-electron chi connectivity index (χ4n) is 4.72. The lowest BCUT2D eigenvalue weighted by atomic mass is 10.0. The number of nitro groups is 1. The summed E-state index contributed by atoms with van der Waals surface area (Å²) in [6.07, 6.45) is 5.09. The molecule has 0 aliphatic rings. The Labute approximate surface area is 237 Å². The smallest absolute Gasteiger partial charge is 0.270 e. The van der Waals surface area contributed by atoms with Crippen molar-refractivity contribution in [3.05, 3.63) is 111 Å². The number of nitrogens with one attached hydrogen (secondary N) is 2. The van der Waals surface area contributed by atoms with Gasteiger partial charge in [0.15, 0.2) is 0 Å². The highest BCUT2D eigenvalue weighted by atomic mass is 16.6. The fraction of sp³-hybridized carbons (Fsp3) is 0.290. The Hall–Kier alpha value is -4.38. The third-order valence-electron chi connectivity index (χ3n) is 7.05. The van der Waals surface area contributed by atoms with Crippen molar-refractivity contribution in [2.45, 2.75) is 51.7 Å². The third-order valence-corrected chi connectivity index (χ3v) is 7.05. The number of aryl methyl sites for hydroxylation is 1. The second kappa shape index (κ2) is 13.8. The van der Waals surface area contributed by atoms with Gasteiger partial charge in [-0.3, -0.25) is 24.3 Å². The largest absolute Gasteiger partial charge is 0.377 e. The quantitative estimate of drug-likeness (QED) is 0.0771. The molecule has 3 aromatic carbocycles. The van der Waals surface area contributed by atoms with Gasteiger partial charge in [0.25, 0.3) is 17.5 Å². The molecule has 1 heterocycles. The summed E-state index contributed by atoms with van der Waals surface area (Å²) >= 11 is 0. The summed E-state index contributed by atoms with van der Waals surface area (Å²) in [6, 6.07) is 18.9. The molecule has 41 heavy (non-hydrogen) atoms. The second-order valence-corrected chi connectivity index (χ2v) is 10.1. The van der Waals surface area contributed by atoms with E-state index in [1.165, 1.54) is 16.7 Å². The number of rotatable bonds is 13. The van der Waals surface area contributed by atoms with Crippen LogP contribution in [0.5, 0.6) is 0 Å². The number of hydrogen-bond donors (Lipinski definition) is 4. The van der Waals surface area contributed by atoms with Crippen LogP contribution in [-0.2, 0) is 6.42 Å². The summed E-state index contributed by atoms with van der Waals surface area (Å²) in [5, 5.41) is 32.8. The molecular formula is C31H34N4O6. The van der Waals surface area contributed by atoms with Gasteiger partial charge in [0.2, 0.25) is 0 Å². The zero-order chi connectivity index (χ0) is 29.4. The highest BCUT2D eigenvalue weighted by Gasteiger charge is 2.19. The number of unbranched alkanes of at least 4 members (excludes halogenated alkanes) is 3. The van der Waals surface area contributed by atoms with Gasteiger partial charge in [-0.25, -0.2) is 0 Å². The predicted octanol–water partition coefficient (Wildman–Crippen LogP) is 5.11. The third kappa shape index (κ3) is 7.63. The molecular weight excluding hydrogens is 524 g/mol. The van der Waals surface area contributed by atoms with E-state index in [0.717, 1.165) is 42.4 Å². The number of aliphatic hydroxyl groups excluding tert-OH is 1. The van der Waals surface area contributed by atoms with Crippen LogP contribution in [0.3, 0.4) is 0 Å². The van der Waals surface area contributed by atoms with Crippen molar-refractivity contribution >= 4 is 28.4 Å². The molecule has 214 valence electrons. The summed E-state index contributed by atoms with van der Waals surface area (Å²) in [7, 11) is 0. The van der Waals surface area contributed by atoms with Crippen molar-refractivity contribution in [1.82, 2.24) is 15.4 Å². The van der Waals surface area contributed by atoms with Crippen LogP contribution in [0.2, 0.25) is 0 Å². The lowest BCUT2D eigenvalue weighted by Gasteiger charge is -2.08. The van der Waals surface area contributed by atoms with Gasteiger partial charge in [-0.05, 0) is 74.1 Å². The molecule has 1 atom stereocenters. The predicted molar refractivity (Wildman–Crippen MR) is 155 cm³/mol. The molecule has 10 heteroatoms. The van der Waals surface area contributed by atoms with Crippen LogP contribution in [0, 0.1) is 17.0 Å². The highest BCUT2D eigenvalue weighted by molar-refractivity contribution is 6.03. The summed E-state index contributed by atoms with van der Waals surface area (Å²) < 4.78 is 1.53. The van der Waals surface area contributed by atoms with Crippen molar-refractivity contribution in [2.24, 2.45) is 0 Å². The highest BCUT2D eigenvalue weighted by Crippen LogP contribution is 2.29. The molecule has 4 N–H and O–H groups in total. The standard InChI is InChI=1S/C31H34N4O6/c1-21-7-11-24(12-8-21)31(38)34-20-25(27-19-26(35(40)41)15-16-28(27)34)18-22-9-13-23(14-10-22)30(37)32-17-5-3-2-4-6-29(36)33-39/h7-16,19-20,29,33,36,39H,2-6,17-18H2,1H3,(H,32,37). The molecule has 0 fully saturated rings. The van der Waals surface area contributed by atoms with E-state index in [2.05, 4.69) is 5.32 Å². The van der Waals surface area contributed by atoms with Gasteiger partial charge in [-0.15, -0.1) is 0 Å². The van der Waals surface area contributed by atoms with E-state index >= 15 is 0 Å². The summed E-state index contributed by atoms with van der Waals surface area (Å²) in [5.74, 6) is -0.394. The van der Waals surface area contributed by atoms with Gasteiger partial charge >= 0.3 is 0 Å². The molecule has 4 rings (SSSR count). The van der Waals surface area contributed by atoms with Gasteiger partial charge in [-0.1, -0.05) is 42.7 Å². The first-order valence-electron chi connectivity index (χ1n) is 13.6. The molecule has 1 aromatic heterocycles. The van der Waals surface area contributed by atoms with E-state index in [-0.39, 0.29) is 17.5 Å². The number of fused-ring (bicyclic) bond motifs is 1. The first-order chi connectivity index (χ1) is 19.8. The van der Waals surface area contributed by atoms with E-state index < -0.39 is 11.2 Å². The Morgan fingerprint density at radius 3 is 2.32 bits per heavy atom. The van der Waals surface area contributed by atoms with Crippen molar-refractivity contribution in [3.63, 3.8) is 0 Å². The Morgan fingerprint density at radius 1 is 0.951 bits per heavy atom. The SMILES string of the molecule is Cc1ccc(C(=O)n2cc(Cc3ccc(C(=O)NCCCCCCC(O)NO)cc3)c3cc([N+](=O)[O-])ccc32)cc1. The first-order valence-corrected chi connectivity index (χ1v) is 13.6. The minimum atomic E-state index is -0.906. The molecule has 0 saturated carbocycles. The number of aliphatic hydroxyl groups is 1. The molecule has 1 amide bonds. The molecule has 10 nitrogen and oxygen atoms in total. The maximum Gasteiger partial charge on any atom is 0.270 e. The van der Waals surface area contributed by atoms with E-state index in [4.69, 9.17) is 5.21 Å². The Kier molecular flexibility index (Phi) is 9.96. The van der Waals surface area contributed by atoms with Crippen molar-refractivity contribution < 1.29 is 24.8 Å². The molecule has 0 bridgehead atoms. The maximum absolute atomic E-state index is 13.3. The van der Waals surface area contributed by atoms with E-state index in [0.29, 0.717) is 41.4 Å². The van der Waals surface area contributed by atoms with Crippen molar-refractivity contribution in [1.29, 1.82) is 0 Å². The number of non-ortho nitro benzene ring substituents is 1. The number of carbonyl (C=O) groups excluding carboxylic acids is 2. The number of aromatic nitrogens is 1. The monoisotopic (exact) mass is 558 g/mol. The van der Waals surface area contributed by atoms with Gasteiger partial charge in [0.1, 0.15) is 6.23 Å².